The van der Waals surface area contributed by atoms with Gasteiger partial charge in [0, 0.05) is 45.0 Å². The molecule has 0 saturated carbocycles. The predicted octanol–water partition coefficient (Wildman–Crippen LogP) is 4.10. The van der Waals surface area contributed by atoms with Crippen molar-refractivity contribution in [1.29, 1.82) is 0 Å². The summed E-state index contributed by atoms with van der Waals surface area (Å²) in [5.74, 6) is -1.20. The van der Waals surface area contributed by atoms with E-state index in [2.05, 4.69) is 80.8 Å². The van der Waals surface area contributed by atoms with E-state index in [0.29, 0.717) is 12.2 Å². The lowest BCUT2D eigenvalue weighted by Gasteiger charge is -2.39. The van der Waals surface area contributed by atoms with Crippen molar-refractivity contribution in [1.82, 2.24) is 20.1 Å². The number of carbonyl (C=O) groups is 2. The highest BCUT2D eigenvalue weighted by atomic mass is 16.4. The highest BCUT2D eigenvalue weighted by Crippen LogP contribution is 2.29. The number of amides is 1. The smallest absolute Gasteiger partial charge is 0.337 e. The molecule has 2 aromatic carbocycles. The van der Waals surface area contributed by atoms with Crippen molar-refractivity contribution in [2.75, 3.05) is 39.3 Å². The fraction of sp³-hybridized carbons (Fsp3) is 0.300. The lowest BCUT2D eigenvalue weighted by molar-refractivity contribution is -0.116. The van der Waals surface area contributed by atoms with Crippen LogP contribution in [0, 0.1) is 0 Å². The molecule has 1 fully saturated rings. The number of rotatable bonds is 11. The van der Waals surface area contributed by atoms with Gasteiger partial charge in [-0.1, -0.05) is 60.7 Å². The molecule has 0 aliphatic carbocycles. The molecule has 3 aromatic rings. The van der Waals surface area contributed by atoms with Crippen molar-refractivity contribution in [3.63, 3.8) is 0 Å². The third kappa shape index (κ3) is 7.84. The highest BCUT2D eigenvalue weighted by molar-refractivity contribution is 5.91. The fourth-order valence-corrected chi connectivity index (χ4v) is 4.65. The summed E-state index contributed by atoms with van der Waals surface area (Å²) in [5, 5.41) is 11.8. The van der Waals surface area contributed by atoms with Crippen LogP contribution in [0.1, 0.15) is 46.1 Å². The molecule has 1 saturated heterocycles. The topological polar surface area (TPSA) is 85.8 Å². The molecule has 7 nitrogen and oxygen atoms in total. The first-order valence-electron chi connectivity index (χ1n) is 12.8. The van der Waals surface area contributed by atoms with Gasteiger partial charge >= 0.3 is 5.97 Å². The first kappa shape index (κ1) is 26.3. The summed E-state index contributed by atoms with van der Waals surface area (Å²) in [6.07, 6.45) is 6.24. The number of aromatic carboxylic acids is 1. The Bertz CT molecular complexity index is 1120. The van der Waals surface area contributed by atoms with E-state index < -0.39 is 5.97 Å². The van der Waals surface area contributed by atoms with E-state index in [-0.39, 0.29) is 17.5 Å². The van der Waals surface area contributed by atoms with E-state index >= 15 is 0 Å². The second kappa shape index (κ2) is 13.5. The molecule has 2 N–H and O–H groups in total. The standard InChI is InChI=1S/C30H34N4O3/c35-28(16-15-27-14-13-26(23-32-27)30(36)37)31-17-7-8-18-33-19-21-34(22-20-33)29(24-9-3-1-4-10-24)25-11-5-2-6-12-25/h1-6,9-16,23,29H,7-8,17-22H2,(H,31,35)(H,36,37). The average molecular weight is 499 g/mol. The third-order valence-corrected chi connectivity index (χ3v) is 6.64. The number of unbranched alkanes of at least 4 members (excludes halogenated alkanes) is 1. The van der Waals surface area contributed by atoms with Crippen molar-refractivity contribution in [2.45, 2.75) is 18.9 Å². The maximum atomic E-state index is 12.1. The van der Waals surface area contributed by atoms with E-state index in [9.17, 15) is 9.59 Å². The number of piperazine rings is 1. The van der Waals surface area contributed by atoms with E-state index in [1.807, 2.05) is 0 Å². The van der Waals surface area contributed by atoms with Crippen LogP contribution in [-0.2, 0) is 4.79 Å². The molecule has 1 aromatic heterocycles. The van der Waals surface area contributed by atoms with Crippen LogP contribution in [0.3, 0.4) is 0 Å². The van der Waals surface area contributed by atoms with Gasteiger partial charge in [-0.3, -0.25) is 14.7 Å². The Morgan fingerprint density at radius 3 is 2.11 bits per heavy atom. The van der Waals surface area contributed by atoms with E-state index in [4.69, 9.17) is 5.11 Å². The van der Waals surface area contributed by atoms with Crippen molar-refractivity contribution >= 4 is 18.0 Å². The van der Waals surface area contributed by atoms with Crippen LogP contribution in [0.4, 0.5) is 0 Å². The summed E-state index contributed by atoms with van der Waals surface area (Å²) < 4.78 is 0. The predicted molar refractivity (Wildman–Crippen MR) is 145 cm³/mol. The van der Waals surface area contributed by atoms with Crippen LogP contribution >= 0.6 is 0 Å². The molecule has 4 rings (SSSR count). The molecular weight excluding hydrogens is 464 g/mol. The minimum Gasteiger partial charge on any atom is -0.478 e. The number of hydrogen-bond donors (Lipinski definition) is 2. The normalized spacial score (nSPS) is 14.7. The summed E-state index contributed by atoms with van der Waals surface area (Å²) in [6, 6.07) is 24.8. The monoisotopic (exact) mass is 498 g/mol. The van der Waals surface area contributed by atoms with Gasteiger partial charge in [0.15, 0.2) is 0 Å². The lowest BCUT2D eigenvalue weighted by atomic mass is 9.96. The Kier molecular flexibility index (Phi) is 9.57. The van der Waals surface area contributed by atoms with Gasteiger partial charge in [-0.05, 0) is 48.7 Å². The minimum absolute atomic E-state index is 0.121. The number of carboxylic acids is 1. The molecular formula is C30H34N4O3. The van der Waals surface area contributed by atoms with Crippen molar-refractivity contribution in [2.24, 2.45) is 0 Å². The third-order valence-electron chi connectivity index (χ3n) is 6.64. The molecule has 7 heteroatoms. The van der Waals surface area contributed by atoms with Crippen LogP contribution in [0.5, 0.6) is 0 Å². The Balaban J connectivity index is 1.16. The second-order valence-corrected chi connectivity index (χ2v) is 9.21. The van der Waals surface area contributed by atoms with E-state index in [1.54, 1.807) is 12.1 Å². The largest absolute Gasteiger partial charge is 0.478 e. The van der Waals surface area contributed by atoms with Gasteiger partial charge in [0.05, 0.1) is 17.3 Å². The van der Waals surface area contributed by atoms with Crippen molar-refractivity contribution < 1.29 is 14.7 Å². The molecule has 1 aliphatic heterocycles. The first-order chi connectivity index (χ1) is 18.1. The highest BCUT2D eigenvalue weighted by Gasteiger charge is 2.26. The van der Waals surface area contributed by atoms with Gasteiger partial charge in [-0.2, -0.15) is 0 Å². The molecule has 2 heterocycles. The number of pyridine rings is 1. The van der Waals surface area contributed by atoms with Crippen LogP contribution in [0.15, 0.2) is 85.1 Å². The van der Waals surface area contributed by atoms with Crippen molar-refractivity contribution in [3.8, 4) is 0 Å². The lowest BCUT2D eigenvalue weighted by Crippen LogP contribution is -2.48. The number of carboxylic acid groups (broad SMARTS) is 1. The molecule has 1 amide bonds. The van der Waals surface area contributed by atoms with Crippen molar-refractivity contribution in [3.05, 3.63) is 107 Å². The quantitative estimate of drug-likeness (QED) is 0.306. The molecule has 192 valence electrons. The maximum absolute atomic E-state index is 12.1. The van der Waals surface area contributed by atoms with Crippen LogP contribution in [0.2, 0.25) is 0 Å². The average Bonchev–Trinajstić information content (AvgIpc) is 2.94. The zero-order valence-corrected chi connectivity index (χ0v) is 21.0. The second-order valence-electron chi connectivity index (χ2n) is 9.21. The molecule has 37 heavy (non-hydrogen) atoms. The zero-order chi connectivity index (χ0) is 25.9. The summed E-state index contributed by atoms with van der Waals surface area (Å²) in [7, 11) is 0. The Morgan fingerprint density at radius 2 is 1.54 bits per heavy atom. The molecule has 0 unspecified atom stereocenters. The summed E-state index contributed by atoms with van der Waals surface area (Å²) in [6.45, 7) is 5.78. The summed E-state index contributed by atoms with van der Waals surface area (Å²) in [4.78, 5) is 32.0. The molecule has 0 bridgehead atoms. The molecule has 0 spiro atoms. The molecule has 1 aliphatic rings. The Morgan fingerprint density at radius 1 is 0.892 bits per heavy atom. The van der Waals surface area contributed by atoms with E-state index in [0.717, 1.165) is 45.6 Å². The number of aromatic nitrogens is 1. The first-order valence-corrected chi connectivity index (χ1v) is 12.8. The van der Waals surface area contributed by atoms with Gasteiger partial charge in [0.25, 0.3) is 0 Å². The number of benzene rings is 2. The number of carbonyl (C=O) groups excluding carboxylic acids is 1. The van der Waals surface area contributed by atoms with Crippen LogP contribution in [0.25, 0.3) is 6.08 Å². The van der Waals surface area contributed by atoms with Gasteiger partial charge in [0.1, 0.15) is 0 Å². The summed E-state index contributed by atoms with van der Waals surface area (Å²) in [5.41, 5.74) is 3.33. The van der Waals surface area contributed by atoms with Gasteiger partial charge in [0.2, 0.25) is 5.91 Å². The molecule has 0 atom stereocenters. The zero-order valence-electron chi connectivity index (χ0n) is 21.0. The number of nitrogens with one attached hydrogen (secondary N) is 1. The van der Waals surface area contributed by atoms with Gasteiger partial charge < -0.3 is 15.3 Å². The van der Waals surface area contributed by atoms with E-state index in [1.165, 1.54) is 29.5 Å². The molecule has 0 radical (unpaired) electrons. The fourth-order valence-electron chi connectivity index (χ4n) is 4.65. The Hall–Kier alpha value is -3.81. The summed E-state index contributed by atoms with van der Waals surface area (Å²) >= 11 is 0. The Labute approximate surface area is 218 Å². The SMILES string of the molecule is O=C(C=Cc1ccc(C(=O)O)cn1)NCCCCN1CCN(C(c2ccccc2)c2ccccc2)CC1. The number of nitrogens with zero attached hydrogens (tertiary/aromatic N) is 3. The van der Waals surface area contributed by atoms with Crippen LogP contribution in [-0.4, -0.2) is 71.0 Å². The van der Waals surface area contributed by atoms with Crippen LogP contribution < -0.4 is 5.32 Å². The van der Waals surface area contributed by atoms with Gasteiger partial charge in [-0.15, -0.1) is 0 Å². The minimum atomic E-state index is -1.02. The van der Waals surface area contributed by atoms with Gasteiger partial charge in [-0.25, -0.2) is 4.79 Å². The number of hydrogen-bond acceptors (Lipinski definition) is 5. The maximum Gasteiger partial charge on any atom is 0.337 e.